The SMILES string of the molecule is CCCCCCCC(=O)CCCCCC/C=C/C(C(=O)NC(Cc1ccc(CCCC(C)C)cc1)C(=O)O)C(O)(CC(=O)O)C(=O)O. The Bertz CT molecular complexity index is 1140. The summed E-state index contributed by atoms with van der Waals surface area (Å²) in [7, 11) is 0. The molecule has 1 aromatic rings. The van der Waals surface area contributed by atoms with Gasteiger partial charge in [0.1, 0.15) is 11.8 Å². The van der Waals surface area contributed by atoms with E-state index in [-0.39, 0.29) is 12.2 Å². The monoisotopic (exact) mass is 659 g/mol. The van der Waals surface area contributed by atoms with Crippen molar-refractivity contribution in [3.63, 3.8) is 0 Å². The summed E-state index contributed by atoms with van der Waals surface area (Å²) in [5, 5.41) is 42.2. The van der Waals surface area contributed by atoms with E-state index >= 15 is 0 Å². The largest absolute Gasteiger partial charge is 0.481 e. The third-order valence-corrected chi connectivity index (χ3v) is 8.38. The van der Waals surface area contributed by atoms with Gasteiger partial charge in [-0.15, -0.1) is 0 Å². The molecule has 0 saturated heterocycles. The standard InChI is InChI=1S/C37H57NO9/c1-4-5-6-9-12-18-30(39)19-13-10-7-8-11-14-20-31(37(47,36(45)46)26-33(40)41)34(42)38-32(35(43)44)25-29-23-21-28(22-24-29)17-15-16-27(2)3/h14,20-24,27,31-32,47H,4-13,15-19,25-26H2,1-3H3,(H,38,42)(H,40,41)(H,43,44)(H,45,46)/b20-14+. The molecule has 0 aliphatic rings. The molecule has 0 radical (unpaired) electrons. The van der Waals surface area contributed by atoms with Gasteiger partial charge < -0.3 is 25.7 Å². The van der Waals surface area contributed by atoms with Crippen molar-refractivity contribution in [1.82, 2.24) is 5.32 Å². The molecule has 1 rings (SSSR count). The number of aliphatic hydroxyl groups is 1. The minimum atomic E-state index is -3.00. The van der Waals surface area contributed by atoms with Crippen molar-refractivity contribution in [3.05, 3.63) is 47.5 Å². The number of carboxylic acid groups (broad SMARTS) is 3. The van der Waals surface area contributed by atoms with Crippen LogP contribution in [0.4, 0.5) is 0 Å². The van der Waals surface area contributed by atoms with E-state index in [4.69, 9.17) is 0 Å². The van der Waals surface area contributed by atoms with Gasteiger partial charge in [-0.25, -0.2) is 9.59 Å². The Hall–Kier alpha value is -3.53. The second-order valence-electron chi connectivity index (χ2n) is 13.1. The fourth-order valence-electron chi connectivity index (χ4n) is 5.49. The number of Topliss-reactive ketones (excluding diaryl/α,β-unsaturated/α-hetero) is 1. The lowest BCUT2D eigenvalue weighted by Crippen LogP contribution is -2.55. The zero-order chi connectivity index (χ0) is 35.2. The third-order valence-electron chi connectivity index (χ3n) is 8.38. The Morgan fingerprint density at radius 2 is 1.38 bits per heavy atom. The maximum atomic E-state index is 13.3. The number of ketones is 1. The van der Waals surface area contributed by atoms with Gasteiger partial charge in [0, 0.05) is 19.3 Å². The van der Waals surface area contributed by atoms with Crippen LogP contribution in [0.25, 0.3) is 0 Å². The number of aliphatic carboxylic acids is 3. The van der Waals surface area contributed by atoms with Crippen LogP contribution in [0, 0.1) is 11.8 Å². The van der Waals surface area contributed by atoms with E-state index in [1.165, 1.54) is 18.9 Å². The number of rotatable bonds is 27. The molecule has 47 heavy (non-hydrogen) atoms. The number of nitrogens with one attached hydrogen (secondary N) is 1. The predicted octanol–water partition coefficient (Wildman–Crippen LogP) is 6.51. The zero-order valence-corrected chi connectivity index (χ0v) is 28.5. The van der Waals surface area contributed by atoms with Crippen LogP contribution in [0.2, 0.25) is 0 Å². The van der Waals surface area contributed by atoms with Gasteiger partial charge in [-0.2, -0.15) is 0 Å². The lowest BCUT2D eigenvalue weighted by atomic mass is 9.82. The molecule has 1 amide bonds. The van der Waals surface area contributed by atoms with Crippen LogP contribution in [0.1, 0.15) is 128 Å². The Morgan fingerprint density at radius 3 is 1.91 bits per heavy atom. The molecule has 0 saturated carbocycles. The summed E-state index contributed by atoms with van der Waals surface area (Å²) in [6.45, 7) is 6.47. The highest BCUT2D eigenvalue weighted by atomic mass is 16.4. The first kappa shape index (κ1) is 41.5. The van der Waals surface area contributed by atoms with E-state index in [1.54, 1.807) is 12.1 Å². The highest BCUT2D eigenvalue weighted by Crippen LogP contribution is 2.26. The number of benzene rings is 1. The summed E-state index contributed by atoms with van der Waals surface area (Å²) >= 11 is 0. The van der Waals surface area contributed by atoms with Crippen LogP contribution in [-0.4, -0.2) is 61.7 Å². The van der Waals surface area contributed by atoms with Gasteiger partial charge in [0.25, 0.3) is 0 Å². The summed E-state index contributed by atoms with van der Waals surface area (Å²) in [6, 6.07) is 5.95. The van der Waals surface area contributed by atoms with Gasteiger partial charge in [0.05, 0.1) is 12.3 Å². The molecule has 10 heteroatoms. The minimum Gasteiger partial charge on any atom is -0.481 e. The van der Waals surface area contributed by atoms with Crippen molar-refractivity contribution in [2.75, 3.05) is 0 Å². The number of carbonyl (C=O) groups excluding carboxylic acids is 2. The van der Waals surface area contributed by atoms with E-state index in [0.717, 1.165) is 69.4 Å². The first-order chi connectivity index (χ1) is 22.3. The fourth-order valence-corrected chi connectivity index (χ4v) is 5.49. The molecular weight excluding hydrogens is 602 g/mol. The molecular formula is C37H57NO9. The average molecular weight is 660 g/mol. The van der Waals surface area contributed by atoms with Crippen LogP contribution in [0.15, 0.2) is 36.4 Å². The van der Waals surface area contributed by atoms with E-state index in [0.29, 0.717) is 37.2 Å². The van der Waals surface area contributed by atoms with Gasteiger partial charge in [0.2, 0.25) is 5.91 Å². The number of hydrogen-bond acceptors (Lipinski definition) is 6. The molecule has 264 valence electrons. The Labute approximate surface area is 280 Å². The number of carboxylic acids is 3. The van der Waals surface area contributed by atoms with Crippen LogP contribution in [0.5, 0.6) is 0 Å². The number of carbonyl (C=O) groups is 5. The molecule has 0 aliphatic carbocycles. The lowest BCUT2D eigenvalue weighted by molar-refractivity contribution is -0.172. The molecule has 0 heterocycles. The van der Waals surface area contributed by atoms with Gasteiger partial charge in [-0.05, 0) is 55.6 Å². The van der Waals surface area contributed by atoms with Crippen LogP contribution >= 0.6 is 0 Å². The number of unbranched alkanes of at least 4 members (excludes halogenated alkanes) is 8. The fraction of sp³-hybridized carbons (Fsp3) is 0.649. The molecule has 0 aliphatic heterocycles. The van der Waals surface area contributed by atoms with Crippen molar-refractivity contribution in [1.29, 1.82) is 0 Å². The van der Waals surface area contributed by atoms with Gasteiger partial charge >= 0.3 is 17.9 Å². The quantitative estimate of drug-likeness (QED) is 0.0520. The smallest absolute Gasteiger partial charge is 0.337 e. The maximum Gasteiger partial charge on any atom is 0.337 e. The van der Waals surface area contributed by atoms with Crippen LogP contribution < -0.4 is 5.32 Å². The maximum absolute atomic E-state index is 13.3. The normalized spacial score (nSPS) is 14.1. The van der Waals surface area contributed by atoms with Gasteiger partial charge in [-0.1, -0.05) is 102 Å². The summed E-state index contributed by atoms with van der Waals surface area (Å²) in [5.41, 5.74) is -1.24. The van der Waals surface area contributed by atoms with Crippen molar-refractivity contribution >= 4 is 29.6 Å². The molecule has 0 spiro atoms. The lowest BCUT2D eigenvalue weighted by Gasteiger charge is -2.29. The summed E-state index contributed by atoms with van der Waals surface area (Å²) in [5.74, 6) is -6.96. The van der Waals surface area contributed by atoms with Crippen molar-refractivity contribution in [2.24, 2.45) is 11.8 Å². The first-order valence-corrected chi connectivity index (χ1v) is 17.3. The van der Waals surface area contributed by atoms with Gasteiger partial charge in [0.15, 0.2) is 5.60 Å². The number of hydrogen-bond donors (Lipinski definition) is 5. The molecule has 0 aromatic heterocycles. The molecule has 5 N–H and O–H groups in total. The molecule has 1 aromatic carbocycles. The number of allylic oxidation sites excluding steroid dienone is 1. The summed E-state index contributed by atoms with van der Waals surface area (Å²) in [6.07, 6.45) is 14.5. The van der Waals surface area contributed by atoms with Gasteiger partial charge in [-0.3, -0.25) is 14.4 Å². The number of aryl methyl sites for hydroxylation is 1. The van der Waals surface area contributed by atoms with E-state index in [9.17, 15) is 44.4 Å². The Kier molecular flexibility index (Phi) is 20.2. The van der Waals surface area contributed by atoms with Crippen molar-refractivity contribution in [2.45, 2.75) is 142 Å². The Balaban J connectivity index is 2.82. The van der Waals surface area contributed by atoms with Crippen LogP contribution in [0.3, 0.4) is 0 Å². The van der Waals surface area contributed by atoms with E-state index in [2.05, 4.69) is 26.1 Å². The summed E-state index contributed by atoms with van der Waals surface area (Å²) in [4.78, 5) is 61.0. The zero-order valence-electron chi connectivity index (χ0n) is 28.5. The highest BCUT2D eigenvalue weighted by molar-refractivity contribution is 5.94. The average Bonchev–Trinajstić information content (AvgIpc) is 2.99. The number of amides is 1. The minimum absolute atomic E-state index is 0.0877. The second kappa shape index (κ2) is 22.9. The molecule has 0 bridgehead atoms. The molecule has 10 nitrogen and oxygen atoms in total. The van der Waals surface area contributed by atoms with E-state index < -0.39 is 47.8 Å². The van der Waals surface area contributed by atoms with E-state index in [1.807, 2.05) is 12.1 Å². The first-order valence-electron chi connectivity index (χ1n) is 17.3. The second-order valence-corrected chi connectivity index (χ2v) is 13.1. The predicted molar refractivity (Wildman–Crippen MR) is 181 cm³/mol. The topological polar surface area (TPSA) is 178 Å². The third kappa shape index (κ3) is 17.3. The highest BCUT2D eigenvalue weighted by Gasteiger charge is 2.49. The molecule has 3 atom stereocenters. The summed E-state index contributed by atoms with van der Waals surface area (Å²) < 4.78 is 0. The van der Waals surface area contributed by atoms with Crippen molar-refractivity contribution in [3.8, 4) is 0 Å². The van der Waals surface area contributed by atoms with Crippen molar-refractivity contribution < 1.29 is 44.4 Å². The van der Waals surface area contributed by atoms with Crippen LogP contribution in [-0.2, 0) is 36.8 Å². The Morgan fingerprint density at radius 1 is 0.809 bits per heavy atom. The molecule has 3 unspecified atom stereocenters. The molecule has 0 fully saturated rings.